The molecule has 2 aromatic carbocycles. The number of hydrogen-bond acceptors (Lipinski definition) is 1. The molecule has 0 saturated carbocycles. The molecule has 0 heterocycles. The first-order chi connectivity index (χ1) is 8.81. The van der Waals surface area contributed by atoms with E-state index in [-0.39, 0.29) is 11.9 Å². The van der Waals surface area contributed by atoms with Crippen LogP contribution in [0.2, 0.25) is 0 Å². The van der Waals surface area contributed by atoms with Crippen molar-refractivity contribution in [1.29, 1.82) is 0 Å². The predicted molar refractivity (Wildman–Crippen MR) is 71.5 cm³/mol. The third kappa shape index (κ3) is 2.97. The van der Waals surface area contributed by atoms with Gasteiger partial charge in [0.2, 0.25) is 0 Å². The lowest BCUT2D eigenvalue weighted by atomic mass is 9.99. The average Bonchev–Trinajstić information content (AvgIpc) is 2.42. The number of hydrogen-bond donors (Lipinski definition) is 1. The van der Waals surface area contributed by atoms with Crippen molar-refractivity contribution in [2.45, 2.75) is 6.04 Å². The standard InChI is InChI=1S/C16H14FN/c1-2-12-18-16(13-6-4-3-5-7-13)14-8-10-15(17)11-9-14/h1,3-11,16,18H,12H2. The van der Waals surface area contributed by atoms with E-state index in [1.165, 1.54) is 12.1 Å². The zero-order valence-electron chi connectivity index (χ0n) is 9.94. The molecule has 2 aromatic rings. The number of rotatable bonds is 4. The summed E-state index contributed by atoms with van der Waals surface area (Å²) in [4.78, 5) is 0. The van der Waals surface area contributed by atoms with Crippen LogP contribution in [0.3, 0.4) is 0 Å². The van der Waals surface area contributed by atoms with Crippen LogP contribution in [0.15, 0.2) is 54.6 Å². The molecule has 0 bridgehead atoms. The van der Waals surface area contributed by atoms with Crippen molar-refractivity contribution in [3.63, 3.8) is 0 Å². The second-order valence-corrected chi connectivity index (χ2v) is 3.98. The average molecular weight is 239 g/mol. The second kappa shape index (κ2) is 6.00. The molecule has 0 aliphatic heterocycles. The summed E-state index contributed by atoms with van der Waals surface area (Å²) in [5.41, 5.74) is 2.11. The first-order valence-electron chi connectivity index (χ1n) is 5.78. The molecule has 1 nitrogen and oxygen atoms in total. The summed E-state index contributed by atoms with van der Waals surface area (Å²) in [6.07, 6.45) is 5.28. The smallest absolute Gasteiger partial charge is 0.123 e. The first-order valence-corrected chi connectivity index (χ1v) is 5.78. The van der Waals surface area contributed by atoms with E-state index < -0.39 is 0 Å². The van der Waals surface area contributed by atoms with E-state index in [0.717, 1.165) is 11.1 Å². The Kier molecular flexibility index (Phi) is 4.11. The number of halogens is 1. The van der Waals surface area contributed by atoms with Crippen LogP contribution in [0.25, 0.3) is 0 Å². The van der Waals surface area contributed by atoms with E-state index in [1.54, 1.807) is 12.1 Å². The van der Waals surface area contributed by atoms with Crippen molar-refractivity contribution >= 4 is 0 Å². The highest BCUT2D eigenvalue weighted by molar-refractivity contribution is 5.32. The summed E-state index contributed by atoms with van der Waals surface area (Å²) < 4.78 is 13.0. The Morgan fingerprint density at radius 1 is 1.00 bits per heavy atom. The van der Waals surface area contributed by atoms with E-state index in [2.05, 4.69) is 11.2 Å². The fraction of sp³-hybridized carbons (Fsp3) is 0.125. The lowest BCUT2D eigenvalue weighted by Crippen LogP contribution is -2.22. The highest BCUT2D eigenvalue weighted by Gasteiger charge is 2.12. The minimum atomic E-state index is -0.234. The molecule has 18 heavy (non-hydrogen) atoms. The third-order valence-corrected chi connectivity index (χ3v) is 2.74. The molecule has 0 spiro atoms. The van der Waals surface area contributed by atoms with Crippen LogP contribution < -0.4 is 5.32 Å². The fourth-order valence-corrected chi connectivity index (χ4v) is 1.89. The van der Waals surface area contributed by atoms with E-state index in [4.69, 9.17) is 6.42 Å². The van der Waals surface area contributed by atoms with Crippen LogP contribution in [0.1, 0.15) is 17.2 Å². The Labute approximate surface area is 107 Å². The van der Waals surface area contributed by atoms with Gasteiger partial charge in [0, 0.05) is 0 Å². The summed E-state index contributed by atoms with van der Waals surface area (Å²) in [7, 11) is 0. The Balaban J connectivity index is 2.31. The van der Waals surface area contributed by atoms with Crippen LogP contribution in [0.5, 0.6) is 0 Å². The monoisotopic (exact) mass is 239 g/mol. The molecule has 1 atom stereocenters. The van der Waals surface area contributed by atoms with Gasteiger partial charge >= 0.3 is 0 Å². The van der Waals surface area contributed by atoms with Gasteiger partial charge in [-0.15, -0.1) is 6.42 Å². The maximum Gasteiger partial charge on any atom is 0.123 e. The normalized spacial score (nSPS) is 11.8. The van der Waals surface area contributed by atoms with Crippen LogP contribution in [0, 0.1) is 18.2 Å². The Morgan fingerprint density at radius 3 is 2.22 bits per heavy atom. The summed E-state index contributed by atoms with van der Waals surface area (Å²) in [6, 6.07) is 16.4. The SMILES string of the molecule is C#CCNC(c1ccccc1)c1ccc(F)cc1. The molecule has 2 heteroatoms. The van der Waals surface area contributed by atoms with Gasteiger partial charge in [-0.2, -0.15) is 0 Å². The molecule has 0 amide bonds. The van der Waals surface area contributed by atoms with Gasteiger partial charge in [-0.05, 0) is 23.3 Å². The molecule has 0 aliphatic carbocycles. The molecular weight excluding hydrogens is 225 g/mol. The van der Waals surface area contributed by atoms with Gasteiger partial charge in [0.25, 0.3) is 0 Å². The zero-order valence-corrected chi connectivity index (χ0v) is 9.94. The first kappa shape index (κ1) is 12.3. The minimum Gasteiger partial charge on any atom is -0.295 e. The lowest BCUT2D eigenvalue weighted by Gasteiger charge is -2.18. The Hall–Kier alpha value is -2.11. The number of benzene rings is 2. The topological polar surface area (TPSA) is 12.0 Å². The van der Waals surface area contributed by atoms with Gasteiger partial charge in [0.05, 0.1) is 12.6 Å². The molecule has 1 unspecified atom stereocenters. The largest absolute Gasteiger partial charge is 0.295 e. The van der Waals surface area contributed by atoms with Crippen molar-refractivity contribution < 1.29 is 4.39 Å². The highest BCUT2D eigenvalue weighted by Crippen LogP contribution is 2.21. The zero-order chi connectivity index (χ0) is 12.8. The quantitative estimate of drug-likeness (QED) is 0.808. The van der Waals surface area contributed by atoms with Gasteiger partial charge in [-0.3, -0.25) is 5.32 Å². The number of nitrogens with one attached hydrogen (secondary N) is 1. The van der Waals surface area contributed by atoms with Gasteiger partial charge in [-0.1, -0.05) is 48.4 Å². The van der Waals surface area contributed by atoms with Crippen molar-refractivity contribution in [1.82, 2.24) is 5.32 Å². The van der Waals surface area contributed by atoms with Crippen molar-refractivity contribution in [3.05, 3.63) is 71.5 Å². The molecule has 0 aliphatic rings. The van der Waals surface area contributed by atoms with Crippen LogP contribution in [-0.2, 0) is 0 Å². The van der Waals surface area contributed by atoms with Gasteiger partial charge in [0.1, 0.15) is 5.82 Å². The Morgan fingerprint density at radius 2 is 1.61 bits per heavy atom. The van der Waals surface area contributed by atoms with Gasteiger partial charge < -0.3 is 0 Å². The second-order valence-electron chi connectivity index (χ2n) is 3.98. The van der Waals surface area contributed by atoms with Crippen molar-refractivity contribution in [2.75, 3.05) is 6.54 Å². The summed E-state index contributed by atoms with van der Waals surface area (Å²) in [5.74, 6) is 2.33. The maximum atomic E-state index is 13.0. The summed E-state index contributed by atoms with van der Waals surface area (Å²) >= 11 is 0. The molecule has 0 saturated heterocycles. The maximum absolute atomic E-state index is 13.0. The predicted octanol–water partition coefficient (Wildman–Crippen LogP) is 3.14. The van der Waals surface area contributed by atoms with Crippen LogP contribution >= 0.6 is 0 Å². The van der Waals surface area contributed by atoms with Gasteiger partial charge in [0.15, 0.2) is 0 Å². The number of terminal acetylenes is 1. The Bertz CT molecular complexity index is 525. The fourth-order valence-electron chi connectivity index (χ4n) is 1.89. The van der Waals surface area contributed by atoms with Crippen molar-refractivity contribution in [2.24, 2.45) is 0 Å². The molecule has 1 N–H and O–H groups in total. The van der Waals surface area contributed by atoms with Crippen LogP contribution in [-0.4, -0.2) is 6.54 Å². The third-order valence-electron chi connectivity index (χ3n) is 2.74. The highest BCUT2D eigenvalue weighted by atomic mass is 19.1. The molecule has 0 fully saturated rings. The van der Waals surface area contributed by atoms with E-state index in [9.17, 15) is 4.39 Å². The molecule has 0 radical (unpaired) electrons. The van der Waals surface area contributed by atoms with Crippen molar-refractivity contribution in [3.8, 4) is 12.3 Å². The minimum absolute atomic E-state index is 0.0113. The molecule has 2 rings (SSSR count). The van der Waals surface area contributed by atoms with Crippen LogP contribution in [0.4, 0.5) is 4.39 Å². The summed E-state index contributed by atoms with van der Waals surface area (Å²) in [5, 5.41) is 3.26. The lowest BCUT2D eigenvalue weighted by molar-refractivity contribution is 0.620. The molecular formula is C16H14FN. The van der Waals surface area contributed by atoms with E-state index in [1.807, 2.05) is 30.3 Å². The molecule has 90 valence electrons. The van der Waals surface area contributed by atoms with E-state index >= 15 is 0 Å². The van der Waals surface area contributed by atoms with E-state index in [0.29, 0.717) is 6.54 Å². The van der Waals surface area contributed by atoms with Gasteiger partial charge in [-0.25, -0.2) is 4.39 Å². The summed E-state index contributed by atoms with van der Waals surface area (Å²) in [6.45, 7) is 0.469. The molecule has 0 aromatic heterocycles.